The van der Waals surface area contributed by atoms with Gasteiger partial charge in [-0.25, -0.2) is 0 Å². The third-order valence-electron chi connectivity index (χ3n) is 3.66. The number of nitrogens with one attached hydrogen (secondary N) is 1. The zero-order valence-electron chi connectivity index (χ0n) is 10.4. The lowest BCUT2D eigenvalue weighted by molar-refractivity contribution is 0.416. The predicted molar refractivity (Wildman–Crippen MR) is 72.2 cm³/mol. The summed E-state index contributed by atoms with van der Waals surface area (Å²) in [6, 6.07) is 10.7. The number of fused-ring (bicyclic) bond motifs is 1. The molecule has 0 fully saturated rings. The van der Waals surface area contributed by atoms with Gasteiger partial charge in [-0.3, -0.25) is 0 Å². The van der Waals surface area contributed by atoms with Gasteiger partial charge in [0, 0.05) is 11.7 Å². The van der Waals surface area contributed by atoms with Crippen LogP contribution in [0.15, 0.2) is 41.0 Å². The van der Waals surface area contributed by atoms with E-state index in [0.717, 1.165) is 37.3 Å². The van der Waals surface area contributed by atoms with Gasteiger partial charge in [0.1, 0.15) is 5.76 Å². The van der Waals surface area contributed by atoms with Crippen LogP contribution in [0.3, 0.4) is 0 Å². The topological polar surface area (TPSA) is 51.2 Å². The summed E-state index contributed by atoms with van der Waals surface area (Å²) in [5, 5.41) is 3.55. The SMILES string of the molecule is Nc1cccc2c1CCC(NCc1ccco1)C2. The highest BCUT2D eigenvalue weighted by molar-refractivity contribution is 5.52. The summed E-state index contributed by atoms with van der Waals surface area (Å²) in [6.45, 7) is 0.801. The van der Waals surface area contributed by atoms with E-state index in [2.05, 4.69) is 11.4 Å². The number of furan rings is 1. The van der Waals surface area contributed by atoms with Crippen LogP contribution in [0.4, 0.5) is 5.69 Å². The summed E-state index contributed by atoms with van der Waals surface area (Å²) in [6.07, 6.45) is 4.98. The molecule has 3 heteroatoms. The van der Waals surface area contributed by atoms with Crippen LogP contribution in [0.25, 0.3) is 0 Å². The molecule has 3 N–H and O–H groups in total. The van der Waals surface area contributed by atoms with E-state index in [0.29, 0.717) is 6.04 Å². The fourth-order valence-electron chi connectivity index (χ4n) is 2.67. The van der Waals surface area contributed by atoms with Gasteiger partial charge in [0.2, 0.25) is 0 Å². The Labute approximate surface area is 107 Å². The van der Waals surface area contributed by atoms with Gasteiger partial charge in [-0.2, -0.15) is 0 Å². The van der Waals surface area contributed by atoms with Crippen LogP contribution < -0.4 is 11.1 Å². The third kappa shape index (κ3) is 2.27. The predicted octanol–water partition coefficient (Wildman–Crippen LogP) is 2.51. The zero-order valence-corrected chi connectivity index (χ0v) is 10.4. The lowest BCUT2D eigenvalue weighted by Gasteiger charge is -2.26. The van der Waals surface area contributed by atoms with E-state index >= 15 is 0 Å². The molecule has 1 aromatic heterocycles. The van der Waals surface area contributed by atoms with Crippen molar-refractivity contribution in [2.75, 3.05) is 5.73 Å². The number of nitrogen functional groups attached to an aromatic ring is 1. The molecule has 1 aliphatic rings. The number of benzene rings is 1. The van der Waals surface area contributed by atoms with Crippen molar-refractivity contribution in [3.8, 4) is 0 Å². The lowest BCUT2D eigenvalue weighted by Crippen LogP contribution is -2.34. The van der Waals surface area contributed by atoms with E-state index in [1.807, 2.05) is 24.3 Å². The Morgan fingerprint density at radius 3 is 3.06 bits per heavy atom. The van der Waals surface area contributed by atoms with E-state index in [1.54, 1.807) is 6.26 Å². The van der Waals surface area contributed by atoms with Crippen molar-refractivity contribution >= 4 is 5.69 Å². The van der Waals surface area contributed by atoms with Gasteiger partial charge >= 0.3 is 0 Å². The zero-order chi connectivity index (χ0) is 12.4. The second-order valence-electron chi connectivity index (χ2n) is 4.88. The van der Waals surface area contributed by atoms with Crippen molar-refractivity contribution in [2.45, 2.75) is 31.8 Å². The number of anilines is 1. The van der Waals surface area contributed by atoms with Gasteiger partial charge < -0.3 is 15.5 Å². The Kier molecular flexibility index (Phi) is 3.07. The van der Waals surface area contributed by atoms with Gasteiger partial charge in [-0.1, -0.05) is 12.1 Å². The van der Waals surface area contributed by atoms with E-state index in [4.69, 9.17) is 10.2 Å². The first-order chi connectivity index (χ1) is 8.83. The smallest absolute Gasteiger partial charge is 0.117 e. The maximum absolute atomic E-state index is 6.00. The number of hydrogen-bond donors (Lipinski definition) is 2. The summed E-state index contributed by atoms with van der Waals surface area (Å²) in [5.74, 6) is 0.994. The summed E-state index contributed by atoms with van der Waals surface area (Å²) in [7, 11) is 0. The highest BCUT2D eigenvalue weighted by atomic mass is 16.3. The number of rotatable bonds is 3. The average Bonchev–Trinajstić information content (AvgIpc) is 2.90. The summed E-state index contributed by atoms with van der Waals surface area (Å²) in [4.78, 5) is 0. The van der Waals surface area contributed by atoms with Crippen molar-refractivity contribution in [1.82, 2.24) is 5.32 Å². The molecular formula is C15H18N2O. The molecule has 2 aromatic rings. The highest BCUT2D eigenvalue weighted by Crippen LogP contribution is 2.26. The Balaban J connectivity index is 1.64. The summed E-state index contributed by atoms with van der Waals surface area (Å²) in [5.41, 5.74) is 9.67. The molecule has 1 heterocycles. The second-order valence-corrected chi connectivity index (χ2v) is 4.88. The van der Waals surface area contributed by atoms with Crippen molar-refractivity contribution in [2.24, 2.45) is 0 Å². The van der Waals surface area contributed by atoms with E-state index in [-0.39, 0.29) is 0 Å². The minimum atomic E-state index is 0.518. The standard InChI is InChI=1S/C15H18N2O/c16-15-5-1-3-11-9-12(6-7-14(11)15)17-10-13-4-2-8-18-13/h1-5,8,12,17H,6-7,9-10,16H2. The van der Waals surface area contributed by atoms with E-state index < -0.39 is 0 Å². The van der Waals surface area contributed by atoms with Crippen molar-refractivity contribution in [3.05, 3.63) is 53.5 Å². The van der Waals surface area contributed by atoms with Gasteiger partial charge in [0.15, 0.2) is 0 Å². The minimum absolute atomic E-state index is 0.518. The van der Waals surface area contributed by atoms with Crippen molar-refractivity contribution < 1.29 is 4.42 Å². The normalized spacial score (nSPS) is 18.6. The molecule has 0 saturated heterocycles. The van der Waals surface area contributed by atoms with Crippen LogP contribution in [-0.2, 0) is 19.4 Å². The molecule has 0 radical (unpaired) electrons. The third-order valence-corrected chi connectivity index (χ3v) is 3.66. The Bertz CT molecular complexity index is 519. The monoisotopic (exact) mass is 242 g/mol. The Morgan fingerprint density at radius 1 is 1.28 bits per heavy atom. The molecule has 1 unspecified atom stereocenters. The molecule has 94 valence electrons. The molecule has 0 aliphatic heterocycles. The maximum Gasteiger partial charge on any atom is 0.117 e. The molecule has 0 saturated carbocycles. The molecule has 0 bridgehead atoms. The van der Waals surface area contributed by atoms with Gasteiger partial charge in [0.25, 0.3) is 0 Å². The van der Waals surface area contributed by atoms with Crippen molar-refractivity contribution in [3.63, 3.8) is 0 Å². The number of nitrogens with two attached hydrogens (primary N) is 1. The molecule has 1 aromatic carbocycles. The quantitative estimate of drug-likeness (QED) is 0.813. The first kappa shape index (κ1) is 11.4. The first-order valence-corrected chi connectivity index (χ1v) is 6.45. The van der Waals surface area contributed by atoms with Gasteiger partial charge in [0.05, 0.1) is 12.8 Å². The molecular weight excluding hydrogens is 224 g/mol. The van der Waals surface area contributed by atoms with E-state index in [1.165, 1.54) is 11.1 Å². The molecule has 3 nitrogen and oxygen atoms in total. The van der Waals surface area contributed by atoms with E-state index in [9.17, 15) is 0 Å². The second kappa shape index (κ2) is 4.86. The fourth-order valence-corrected chi connectivity index (χ4v) is 2.67. The average molecular weight is 242 g/mol. The highest BCUT2D eigenvalue weighted by Gasteiger charge is 2.19. The Morgan fingerprint density at radius 2 is 2.22 bits per heavy atom. The summed E-state index contributed by atoms with van der Waals surface area (Å²) >= 11 is 0. The van der Waals surface area contributed by atoms with Crippen molar-refractivity contribution in [1.29, 1.82) is 0 Å². The summed E-state index contributed by atoms with van der Waals surface area (Å²) < 4.78 is 5.33. The van der Waals surface area contributed by atoms with Crippen LogP contribution in [0.2, 0.25) is 0 Å². The van der Waals surface area contributed by atoms with Gasteiger partial charge in [-0.05, 0) is 48.6 Å². The largest absolute Gasteiger partial charge is 0.468 e. The molecule has 0 spiro atoms. The maximum atomic E-state index is 6.00. The minimum Gasteiger partial charge on any atom is -0.468 e. The first-order valence-electron chi connectivity index (χ1n) is 6.45. The van der Waals surface area contributed by atoms with Crippen LogP contribution in [0.1, 0.15) is 23.3 Å². The van der Waals surface area contributed by atoms with Crippen LogP contribution in [0.5, 0.6) is 0 Å². The lowest BCUT2D eigenvalue weighted by atomic mass is 9.87. The van der Waals surface area contributed by atoms with Gasteiger partial charge in [-0.15, -0.1) is 0 Å². The van der Waals surface area contributed by atoms with Crippen LogP contribution in [0, 0.1) is 0 Å². The molecule has 3 rings (SSSR count). The Hall–Kier alpha value is -1.74. The molecule has 1 atom stereocenters. The molecule has 0 amide bonds. The van der Waals surface area contributed by atoms with Crippen LogP contribution in [-0.4, -0.2) is 6.04 Å². The molecule has 1 aliphatic carbocycles. The number of hydrogen-bond acceptors (Lipinski definition) is 3. The van der Waals surface area contributed by atoms with Crippen LogP contribution >= 0.6 is 0 Å². The molecule has 18 heavy (non-hydrogen) atoms. The fraction of sp³-hybridized carbons (Fsp3) is 0.333.